The normalized spacial score (nSPS) is 30.0. The van der Waals surface area contributed by atoms with Crippen LogP contribution in [0.25, 0.3) is 0 Å². The van der Waals surface area contributed by atoms with Gasteiger partial charge in [-0.05, 0) is 36.3 Å². The Balaban J connectivity index is 1.43. The molecule has 0 spiro atoms. The number of fused-ring (bicyclic) bond motifs is 1. The molecule has 3 heterocycles. The predicted molar refractivity (Wildman–Crippen MR) is 97.2 cm³/mol. The third kappa shape index (κ3) is 3.68. The summed E-state index contributed by atoms with van der Waals surface area (Å²) in [6.07, 6.45) is 5.63. The van der Waals surface area contributed by atoms with Crippen molar-refractivity contribution in [2.45, 2.75) is 18.6 Å². The van der Waals surface area contributed by atoms with E-state index in [-0.39, 0.29) is 17.8 Å². The van der Waals surface area contributed by atoms with E-state index < -0.39 is 9.84 Å². The molecule has 1 aromatic heterocycles. The molecule has 2 saturated heterocycles. The molecule has 1 aliphatic carbocycles. The van der Waals surface area contributed by atoms with Crippen molar-refractivity contribution >= 4 is 15.7 Å². The number of likely N-dealkylation sites (tertiary alicyclic amines) is 1. The number of aliphatic hydroxyl groups excluding tert-OH is 1. The Bertz CT molecular complexity index is 732. The summed E-state index contributed by atoms with van der Waals surface area (Å²) in [5, 5.41) is 10.1. The van der Waals surface area contributed by atoms with Crippen LogP contribution in [-0.2, 0) is 15.6 Å². The molecule has 7 heteroatoms. The molecule has 2 atom stereocenters. The molecular weight excluding hydrogens is 338 g/mol. The van der Waals surface area contributed by atoms with Crippen LogP contribution in [0, 0.1) is 17.3 Å². The van der Waals surface area contributed by atoms with Crippen LogP contribution in [0.3, 0.4) is 0 Å². The van der Waals surface area contributed by atoms with Gasteiger partial charge < -0.3 is 14.9 Å². The molecule has 25 heavy (non-hydrogen) atoms. The summed E-state index contributed by atoms with van der Waals surface area (Å²) in [4.78, 5) is 9.27. The van der Waals surface area contributed by atoms with Gasteiger partial charge in [-0.15, -0.1) is 0 Å². The van der Waals surface area contributed by atoms with Gasteiger partial charge >= 0.3 is 0 Å². The first kappa shape index (κ1) is 17.2. The Morgan fingerprint density at radius 1 is 1.28 bits per heavy atom. The molecule has 0 bridgehead atoms. The molecule has 0 amide bonds. The summed E-state index contributed by atoms with van der Waals surface area (Å²) >= 11 is 0. The zero-order valence-electron chi connectivity index (χ0n) is 14.8. The Hall–Kier alpha value is -1.18. The lowest BCUT2D eigenvalue weighted by Crippen LogP contribution is -2.37. The number of hydrogen-bond acceptors (Lipinski definition) is 6. The monoisotopic (exact) mass is 365 g/mol. The molecule has 2 unspecified atom stereocenters. The fourth-order valence-electron chi connectivity index (χ4n) is 4.49. The van der Waals surface area contributed by atoms with Gasteiger partial charge in [-0.2, -0.15) is 0 Å². The fraction of sp³-hybridized carbons (Fsp3) is 0.722. The van der Waals surface area contributed by atoms with Crippen molar-refractivity contribution < 1.29 is 13.5 Å². The van der Waals surface area contributed by atoms with Crippen LogP contribution in [0.2, 0.25) is 0 Å². The van der Waals surface area contributed by atoms with E-state index in [1.54, 1.807) is 6.20 Å². The summed E-state index contributed by atoms with van der Waals surface area (Å²) < 4.78 is 22.8. The molecular formula is C18H27N3O3S. The lowest BCUT2D eigenvalue weighted by atomic mass is 9.82. The van der Waals surface area contributed by atoms with Crippen molar-refractivity contribution in [3.8, 4) is 0 Å². The molecule has 3 aliphatic rings. The highest BCUT2D eigenvalue weighted by Gasteiger charge is 2.52. The highest BCUT2D eigenvalue weighted by Crippen LogP contribution is 2.44. The number of nitrogens with zero attached hydrogens (tertiary/aromatic N) is 3. The summed E-state index contributed by atoms with van der Waals surface area (Å²) in [6, 6.07) is 3.76. The van der Waals surface area contributed by atoms with Crippen LogP contribution in [0.5, 0.6) is 0 Å². The smallest absolute Gasteiger partial charge is 0.151 e. The number of aromatic nitrogens is 1. The Labute approximate surface area is 149 Å². The number of aliphatic hydroxyl groups is 1. The Morgan fingerprint density at radius 3 is 2.64 bits per heavy atom. The lowest BCUT2D eigenvalue weighted by molar-refractivity contribution is 0.125. The quantitative estimate of drug-likeness (QED) is 0.803. The maximum absolute atomic E-state index is 11.4. The van der Waals surface area contributed by atoms with Crippen molar-refractivity contribution in [1.82, 2.24) is 9.88 Å². The summed E-state index contributed by atoms with van der Waals surface area (Å²) in [6.45, 7) is 5.21. The van der Waals surface area contributed by atoms with Crippen molar-refractivity contribution in [1.29, 1.82) is 0 Å². The van der Waals surface area contributed by atoms with Crippen LogP contribution in [0.15, 0.2) is 18.3 Å². The molecule has 2 aliphatic heterocycles. The van der Waals surface area contributed by atoms with Gasteiger partial charge in [-0.25, -0.2) is 13.4 Å². The van der Waals surface area contributed by atoms with Crippen molar-refractivity contribution in [3.63, 3.8) is 0 Å². The first-order chi connectivity index (χ1) is 11.9. The van der Waals surface area contributed by atoms with Crippen LogP contribution < -0.4 is 4.90 Å². The van der Waals surface area contributed by atoms with Crippen LogP contribution in [-0.4, -0.2) is 69.0 Å². The molecule has 6 nitrogen and oxygen atoms in total. The van der Waals surface area contributed by atoms with E-state index in [1.807, 2.05) is 12.1 Å². The third-order valence-corrected chi connectivity index (χ3v) is 6.78. The van der Waals surface area contributed by atoms with E-state index in [0.29, 0.717) is 5.92 Å². The van der Waals surface area contributed by atoms with Crippen LogP contribution in [0.1, 0.15) is 18.4 Å². The van der Waals surface area contributed by atoms with Gasteiger partial charge in [0, 0.05) is 50.6 Å². The van der Waals surface area contributed by atoms with Crippen molar-refractivity contribution in [2.24, 2.45) is 17.3 Å². The van der Waals surface area contributed by atoms with E-state index >= 15 is 0 Å². The highest BCUT2D eigenvalue weighted by atomic mass is 32.2. The third-order valence-electron chi connectivity index (χ3n) is 5.92. The zero-order chi connectivity index (χ0) is 17.7. The van der Waals surface area contributed by atoms with Gasteiger partial charge in [0.05, 0.1) is 12.4 Å². The summed E-state index contributed by atoms with van der Waals surface area (Å²) in [7, 11) is -3.04. The number of hydrogen-bond donors (Lipinski definition) is 1. The number of sulfone groups is 1. The van der Waals surface area contributed by atoms with Gasteiger partial charge in [0.15, 0.2) is 9.84 Å². The first-order valence-electron chi connectivity index (χ1n) is 9.08. The predicted octanol–water partition coefficient (Wildman–Crippen LogP) is 0.767. The van der Waals surface area contributed by atoms with Crippen molar-refractivity contribution in [3.05, 3.63) is 23.9 Å². The second-order valence-corrected chi connectivity index (χ2v) is 10.5. The Kier molecular flexibility index (Phi) is 4.29. The van der Waals surface area contributed by atoms with Gasteiger partial charge in [0.25, 0.3) is 0 Å². The summed E-state index contributed by atoms with van der Waals surface area (Å²) in [5.41, 5.74) is 0.681. The first-order valence-corrected chi connectivity index (χ1v) is 11.1. The van der Waals surface area contributed by atoms with E-state index in [2.05, 4.69) is 14.8 Å². The number of pyridine rings is 1. The van der Waals surface area contributed by atoms with E-state index in [9.17, 15) is 13.5 Å². The molecule has 4 rings (SSSR count). The van der Waals surface area contributed by atoms with Gasteiger partial charge in [0.1, 0.15) is 5.82 Å². The minimum atomic E-state index is -3.04. The van der Waals surface area contributed by atoms with Crippen LogP contribution in [0.4, 0.5) is 5.82 Å². The number of anilines is 1. The van der Waals surface area contributed by atoms with Gasteiger partial charge in [0.2, 0.25) is 0 Å². The molecule has 3 fully saturated rings. The average Bonchev–Trinajstić information content (AvgIpc) is 3.18. The van der Waals surface area contributed by atoms with E-state index in [1.165, 1.54) is 25.6 Å². The molecule has 0 radical (unpaired) electrons. The second-order valence-electron chi connectivity index (χ2n) is 8.33. The standard InChI is InChI=1S/C18H27N3O3S/c1-25(23,24)10-15-4-5-17(19-6-15)21-9-16-8-20(7-14-2-3-14)11-18(16,12-21)13-22/h4-6,14,16,22H,2-3,7-13H2,1H3. The van der Waals surface area contributed by atoms with Gasteiger partial charge in [-0.3, -0.25) is 0 Å². The lowest BCUT2D eigenvalue weighted by Gasteiger charge is -2.27. The summed E-state index contributed by atoms with van der Waals surface area (Å²) in [5.74, 6) is 2.27. The Morgan fingerprint density at radius 2 is 2.08 bits per heavy atom. The second kappa shape index (κ2) is 6.21. The minimum Gasteiger partial charge on any atom is -0.396 e. The van der Waals surface area contributed by atoms with Crippen molar-refractivity contribution in [2.75, 3.05) is 50.5 Å². The van der Waals surface area contributed by atoms with Crippen LogP contribution >= 0.6 is 0 Å². The fourth-order valence-corrected chi connectivity index (χ4v) is 5.26. The molecule has 1 N–H and O–H groups in total. The largest absolute Gasteiger partial charge is 0.396 e. The average molecular weight is 365 g/mol. The maximum atomic E-state index is 11.4. The van der Waals surface area contributed by atoms with Gasteiger partial charge in [-0.1, -0.05) is 6.07 Å². The zero-order valence-corrected chi connectivity index (χ0v) is 15.6. The molecule has 1 aromatic rings. The molecule has 1 saturated carbocycles. The molecule has 0 aromatic carbocycles. The number of rotatable bonds is 6. The maximum Gasteiger partial charge on any atom is 0.151 e. The highest BCUT2D eigenvalue weighted by molar-refractivity contribution is 7.89. The molecule has 138 valence electrons. The minimum absolute atomic E-state index is 0.0274. The topological polar surface area (TPSA) is 73.7 Å². The SMILES string of the molecule is CS(=O)(=O)Cc1ccc(N2CC3CN(CC4CC4)CC3(CO)C2)nc1. The van der Waals surface area contributed by atoms with E-state index in [4.69, 9.17) is 0 Å². The van der Waals surface area contributed by atoms with E-state index in [0.717, 1.165) is 43.5 Å².